The number of nitrogens with zero attached hydrogens (tertiary/aromatic N) is 3. The number of hydrogen-bond acceptors (Lipinski definition) is 8. The van der Waals surface area contributed by atoms with Gasteiger partial charge in [-0.2, -0.15) is 0 Å². The van der Waals surface area contributed by atoms with Crippen molar-refractivity contribution in [2.24, 2.45) is 4.99 Å². The summed E-state index contributed by atoms with van der Waals surface area (Å²) >= 11 is 1.54. The van der Waals surface area contributed by atoms with Crippen LogP contribution >= 0.6 is 11.8 Å². The van der Waals surface area contributed by atoms with Gasteiger partial charge in [0.1, 0.15) is 6.04 Å². The lowest BCUT2D eigenvalue weighted by Crippen LogP contribution is -2.32. The van der Waals surface area contributed by atoms with Crippen molar-refractivity contribution in [3.63, 3.8) is 0 Å². The molecule has 8 nitrogen and oxygen atoms in total. The topological polar surface area (TPSA) is 97.1 Å². The summed E-state index contributed by atoms with van der Waals surface area (Å²) in [5, 5.41) is 15.0. The second kappa shape index (κ2) is 9.70. The van der Waals surface area contributed by atoms with Crippen LogP contribution in [0.3, 0.4) is 0 Å². The summed E-state index contributed by atoms with van der Waals surface area (Å²) in [6.07, 6.45) is -0.279. The predicted octanol–water partition coefficient (Wildman–Crippen LogP) is 3.12. The summed E-state index contributed by atoms with van der Waals surface area (Å²) < 4.78 is 5.38. The number of non-ortho nitro benzene ring substituents is 1. The number of nitro benzene ring substituents is 1. The molecule has 1 aromatic rings. The van der Waals surface area contributed by atoms with Crippen LogP contribution in [-0.2, 0) is 9.53 Å². The molecule has 1 aliphatic rings. The van der Waals surface area contributed by atoms with Gasteiger partial charge in [-0.15, -0.1) is 0 Å². The van der Waals surface area contributed by atoms with Gasteiger partial charge in [0.25, 0.3) is 5.69 Å². The number of aliphatic imine (C=N–C) groups is 1. The Morgan fingerprint density at radius 3 is 2.75 bits per heavy atom. The van der Waals surface area contributed by atoms with Crippen molar-refractivity contribution < 1.29 is 14.5 Å². The smallest absolute Gasteiger partial charge is 0.338 e. The third kappa shape index (κ3) is 5.80. The van der Waals surface area contributed by atoms with Crippen LogP contribution in [-0.4, -0.2) is 53.5 Å². The maximum atomic E-state index is 12.7. The van der Waals surface area contributed by atoms with E-state index in [0.717, 1.165) is 12.3 Å². The molecular formula is C19H26N4O4S. The predicted molar refractivity (Wildman–Crippen MR) is 111 cm³/mol. The molecule has 1 aliphatic heterocycles. The number of hydrogen-bond donors (Lipinski definition) is 1. The number of carbonyl (C=O) groups excluding carboxylic acids is 1. The number of allylic oxidation sites excluding steroid dienone is 1. The Kier molecular flexibility index (Phi) is 7.59. The van der Waals surface area contributed by atoms with Crippen molar-refractivity contribution in [1.82, 2.24) is 10.2 Å². The fraction of sp³-hybridized carbons (Fsp3) is 0.474. The highest BCUT2D eigenvalue weighted by molar-refractivity contribution is 8.13. The number of esters is 1. The van der Waals surface area contributed by atoms with Crippen LogP contribution in [0.5, 0.6) is 0 Å². The minimum Gasteiger partial charge on any atom is -0.459 e. The number of carbonyl (C=O) groups is 1. The van der Waals surface area contributed by atoms with Crippen molar-refractivity contribution in [3.8, 4) is 0 Å². The Labute approximate surface area is 169 Å². The average Bonchev–Trinajstić information content (AvgIpc) is 2.60. The number of amidine groups is 1. The SMILES string of the molecule is CC1=C(C(=O)OC(C)C)C(c2cccc([N+](=O)[O-])c2)N=C(SCCN(C)C)N1. The largest absolute Gasteiger partial charge is 0.459 e. The summed E-state index contributed by atoms with van der Waals surface area (Å²) in [5.74, 6) is 0.345. The molecule has 152 valence electrons. The first-order valence-electron chi connectivity index (χ1n) is 8.97. The third-order valence-corrected chi connectivity index (χ3v) is 4.82. The Morgan fingerprint density at radius 2 is 2.14 bits per heavy atom. The summed E-state index contributed by atoms with van der Waals surface area (Å²) in [6, 6.07) is 5.56. The zero-order valence-electron chi connectivity index (χ0n) is 16.8. The molecule has 0 saturated carbocycles. The monoisotopic (exact) mass is 406 g/mol. The molecule has 1 N–H and O–H groups in total. The van der Waals surface area contributed by atoms with Crippen molar-refractivity contribution in [2.45, 2.75) is 32.9 Å². The van der Waals surface area contributed by atoms with Gasteiger partial charge < -0.3 is 15.0 Å². The van der Waals surface area contributed by atoms with Crippen LogP contribution in [0.4, 0.5) is 5.69 Å². The molecule has 0 saturated heterocycles. The van der Waals surface area contributed by atoms with E-state index in [2.05, 4.69) is 15.2 Å². The number of ether oxygens (including phenoxy) is 1. The zero-order chi connectivity index (χ0) is 20.8. The summed E-state index contributed by atoms with van der Waals surface area (Å²) in [7, 11) is 3.99. The van der Waals surface area contributed by atoms with Crippen molar-refractivity contribution in [1.29, 1.82) is 0 Å². The second-order valence-corrected chi connectivity index (χ2v) is 8.04. The lowest BCUT2D eigenvalue weighted by atomic mass is 9.96. The van der Waals surface area contributed by atoms with E-state index in [1.807, 2.05) is 14.1 Å². The fourth-order valence-electron chi connectivity index (χ4n) is 2.64. The van der Waals surface area contributed by atoms with Gasteiger partial charge in [0, 0.05) is 30.1 Å². The minimum atomic E-state index is -0.658. The molecule has 1 atom stereocenters. The van der Waals surface area contributed by atoms with Gasteiger partial charge >= 0.3 is 5.97 Å². The summed E-state index contributed by atoms with van der Waals surface area (Å²) in [6.45, 7) is 6.22. The molecule has 1 aromatic carbocycles. The number of thioether (sulfide) groups is 1. The Hall–Kier alpha value is -2.39. The van der Waals surface area contributed by atoms with Crippen LogP contribution in [0.25, 0.3) is 0 Å². The second-order valence-electron chi connectivity index (χ2n) is 6.96. The molecule has 0 aliphatic carbocycles. The molecule has 9 heteroatoms. The first-order valence-corrected chi connectivity index (χ1v) is 9.96. The molecule has 0 amide bonds. The number of nitro groups is 1. The quantitative estimate of drug-likeness (QED) is 0.422. The Bertz CT molecular complexity index is 805. The van der Waals surface area contributed by atoms with Gasteiger partial charge in [0.05, 0.1) is 16.6 Å². The van der Waals surface area contributed by atoms with Gasteiger partial charge in [-0.05, 0) is 40.4 Å². The van der Waals surface area contributed by atoms with E-state index in [1.54, 1.807) is 44.7 Å². The zero-order valence-corrected chi connectivity index (χ0v) is 17.6. The van der Waals surface area contributed by atoms with Gasteiger partial charge in [0.2, 0.25) is 0 Å². The highest BCUT2D eigenvalue weighted by Crippen LogP contribution is 2.34. The lowest BCUT2D eigenvalue weighted by Gasteiger charge is -2.26. The molecule has 28 heavy (non-hydrogen) atoms. The average molecular weight is 407 g/mol. The lowest BCUT2D eigenvalue weighted by molar-refractivity contribution is -0.384. The van der Waals surface area contributed by atoms with E-state index in [4.69, 9.17) is 4.74 Å². The highest BCUT2D eigenvalue weighted by Gasteiger charge is 2.31. The van der Waals surface area contributed by atoms with Crippen LogP contribution < -0.4 is 5.32 Å². The fourth-order valence-corrected chi connectivity index (χ4v) is 3.69. The minimum absolute atomic E-state index is 0.0396. The molecule has 1 heterocycles. The van der Waals surface area contributed by atoms with E-state index in [9.17, 15) is 14.9 Å². The van der Waals surface area contributed by atoms with Crippen molar-refractivity contribution >= 4 is 28.6 Å². The number of rotatable bonds is 7. The molecule has 1 unspecified atom stereocenters. The van der Waals surface area contributed by atoms with E-state index in [0.29, 0.717) is 22.0 Å². The molecule has 0 radical (unpaired) electrons. The van der Waals surface area contributed by atoms with E-state index < -0.39 is 16.9 Å². The standard InChI is InChI=1S/C19H26N4O4S/c1-12(2)27-18(24)16-13(3)20-19(28-10-9-22(4)5)21-17(16)14-7-6-8-15(11-14)23(25)26/h6-8,11-12,17H,9-10H2,1-5H3,(H,20,21). The van der Waals surface area contributed by atoms with Gasteiger partial charge in [0.15, 0.2) is 5.17 Å². The van der Waals surface area contributed by atoms with Gasteiger partial charge in [-0.25, -0.2) is 9.79 Å². The first kappa shape index (κ1) is 21.9. The summed E-state index contributed by atoms with van der Waals surface area (Å²) in [4.78, 5) is 30.2. The molecule has 0 aromatic heterocycles. The highest BCUT2D eigenvalue weighted by atomic mass is 32.2. The van der Waals surface area contributed by atoms with E-state index in [1.165, 1.54) is 12.1 Å². The van der Waals surface area contributed by atoms with Crippen molar-refractivity contribution in [3.05, 3.63) is 51.2 Å². The first-order chi connectivity index (χ1) is 13.2. The third-order valence-electron chi connectivity index (χ3n) is 3.95. The molecular weight excluding hydrogens is 380 g/mol. The van der Waals surface area contributed by atoms with Crippen LogP contribution in [0.2, 0.25) is 0 Å². The van der Waals surface area contributed by atoms with Crippen LogP contribution in [0, 0.1) is 10.1 Å². The van der Waals surface area contributed by atoms with Crippen LogP contribution in [0.1, 0.15) is 32.4 Å². The summed E-state index contributed by atoms with van der Waals surface area (Å²) in [5.41, 5.74) is 1.55. The molecule has 0 spiro atoms. The number of benzene rings is 1. The Balaban J connectivity index is 2.40. The normalized spacial score (nSPS) is 16.8. The van der Waals surface area contributed by atoms with Crippen molar-refractivity contribution in [2.75, 3.05) is 26.4 Å². The van der Waals surface area contributed by atoms with E-state index in [-0.39, 0.29) is 11.8 Å². The maximum absolute atomic E-state index is 12.7. The van der Waals surface area contributed by atoms with Gasteiger partial charge in [-0.3, -0.25) is 10.1 Å². The molecule has 2 rings (SSSR count). The number of nitrogens with one attached hydrogen (secondary N) is 1. The van der Waals surface area contributed by atoms with Gasteiger partial charge in [-0.1, -0.05) is 23.9 Å². The van der Waals surface area contributed by atoms with Crippen LogP contribution in [0.15, 0.2) is 40.5 Å². The molecule has 0 fully saturated rings. The molecule has 0 bridgehead atoms. The Morgan fingerprint density at radius 1 is 1.43 bits per heavy atom. The maximum Gasteiger partial charge on any atom is 0.338 e. The van der Waals surface area contributed by atoms with E-state index >= 15 is 0 Å².